The van der Waals surface area contributed by atoms with E-state index >= 15 is 0 Å². The van der Waals surface area contributed by atoms with Gasteiger partial charge in [-0.3, -0.25) is 9.59 Å². The van der Waals surface area contributed by atoms with Gasteiger partial charge in [0.25, 0.3) is 0 Å². The number of halogens is 1. The summed E-state index contributed by atoms with van der Waals surface area (Å²) in [7, 11) is 0. The normalized spacial score (nSPS) is 19.2. The molecule has 2 heterocycles. The van der Waals surface area contributed by atoms with Crippen LogP contribution in [0, 0.1) is 6.92 Å². The number of esters is 1. The summed E-state index contributed by atoms with van der Waals surface area (Å²) in [6.45, 7) is 5.96. The van der Waals surface area contributed by atoms with Gasteiger partial charge in [-0.25, -0.2) is 4.79 Å². The van der Waals surface area contributed by atoms with Crippen LogP contribution in [0.5, 0.6) is 0 Å². The van der Waals surface area contributed by atoms with E-state index in [1.807, 2.05) is 44.2 Å². The zero-order chi connectivity index (χ0) is 27.7. The minimum absolute atomic E-state index is 0.124. The number of carbonyl (C=O) groups is 2. The van der Waals surface area contributed by atoms with Crippen molar-refractivity contribution in [1.82, 2.24) is 5.32 Å². The topological polar surface area (TPSA) is 85.6 Å². The van der Waals surface area contributed by atoms with Crippen LogP contribution in [-0.2, 0) is 14.3 Å². The van der Waals surface area contributed by atoms with Gasteiger partial charge < -0.3 is 14.5 Å². The summed E-state index contributed by atoms with van der Waals surface area (Å²) in [5, 5.41) is 4.34. The van der Waals surface area contributed by atoms with Crippen LogP contribution in [0.3, 0.4) is 0 Å². The van der Waals surface area contributed by atoms with E-state index in [4.69, 9.17) is 20.8 Å². The number of fused-ring (bicyclic) bond motifs is 1. The van der Waals surface area contributed by atoms with Crippen LogP contribution < -0.4 is 10.7 Å². The zero-order valence-electron chi connectivity index (χ0n) is 22.1. The molecule has 5 rings (SSSR count). The number of aryl methyl sites for hydroxylation is 1. The van der Waals surface area contributed by atoms with Crippen LogP contribution in [0.1, 0.15) is 55.2 Å². The second-order valence-electron chi connectivity index (χ2n) is 9.89. The number of Topliss-reactive ketones (excluding diaryl/α,β-unsaturated/α-hetero) is 1. The van der Waals surface area contributed by atoms with E-state index in [0.29, 0.717) is 45.1 Å². The van der Waals surface area contributed by atoms with Crippen molar-refractivity contribution in [3.8, 4) is 0 Å². The Morgan fingerprint density at radius 3 is 2.69 bits per heavy atom. The number of dihydropyridines is 1. The molecule has 8 heteroatoms. The molecular weight excluding hydrogens is 534 g/mol. The molecule has 0 spiro atoms. The summed E-state index contributed by atoms with van der Waals surface area (Å²) in [5.41, 5.74) is 4.18. The second kappa shape index (κ2) is 11.4. The molecule has 0 bridgehead atoms. The highest BCUT2D eigenvalue weighted by Crippen LogP contribution is 2.46. The number of ether oxygens (including phenoxy) is 1. The Labute approximate surface area is 236 Å². The smallest absolute Gasteiger partial charge is 0.336 e. The maximum absolute atomic E-state index is 13.9. The Balaban J connectivity index is 1.63. The van der Waals surface area contributed by atoms with Crippen LogP contribution in [0.2, 0.25) is 5.02 Å². The molecule has 6 nitrogen and oxygen atoms in total. The summed E-state index contributed by atoms with van der Waals surface area (Å²) < 4.78 is 11.5. The van der Waals surface area contributed by atoms with E-state index in [-0.39, 0.29) is 41.3 Å². The van der Waals surface area contributed by atoms with Crippen molar-refractivity contribution < 1.29 is 18.7 Å². The number of rotatable bonds is 7. The highest BCUT2D eigenvalue weighted by atomic mass is 35.5. The first-order valence-electron chi connectivity index (χ1n) is 13.1. The number of nitrogens with one attached hydrogen (secondary N) is 1. The third-order valence-electron chi connectivity index (χ3n) is 7.32. The Kier molecular flexibility index (Phi) is 8.01. The molecule has 0 saturated carbocycles. The molecule has 0 fully saturated rings. The number of thioether (sulfide) groups is 1. The average Bonchev–Trinajstić information content (AvgIpc) is 2.91. The fourth-order valence-corrected chi connectivity index (χ4v) is 6.30. The molecule has 0 unspecified atom stereocenters. The van der Waals surface area contributed by atoms with E-state index in [9.17, 15) is 14.4 Å². The number of hydrogen-bond donors (Lipinski definition) is 1. The maximum Gasteiger partial charge on any atom is 0.336 e. The van der Waals surface area contributed by atoms with Gasteiger partial charge in [-0.15, -0.1) is 0 Å². The molecule has 2 atom stereocenters. The van der Waals surface area contributed by atoms with Crippen molar-refractivity contribution in [3.05, 3.63) is 103 Å². The first kappa shape index (κ1) is 27.3. The van der Waals surface area contributed by atoms with Crippen LogP contribution in [-0.4, -0.2) is 29.9 Å². The van der Waals surface area contributed by atoms with Crippen LogP contribution in [0.25, 0.3) is 11.0 Å². The molecule has 1 aliphatic carbocycles. The number of benzene rings is 2. The Morgan fingerprint density at radius 2 is 1.92 bits per heavy atom. The van der Waals surface area contributed by atoms with E-state index in [0.717, 1.165) is 16.9 Å². The third-order valence-corrected chi connectivity index (χ3v) is 8.53. The average molecular weight is 564 g/mol. The molecule has 0 amide bonds. The maximum atomic E-state index is 13.9. The van der Waals surface area contributed by atoms with Gasteiger partial charge in [0.1, 0.15) is 12.2 Å². The van der Waals surface area contributed by atoms with Gasteiger partial charge in [-0.2, -0.15) is 11.8 Å². The summed E-state index contributed by atoms with van der Waals surface area (Å²) in [5.74, 6) is -0.122. The lowest BCUT2D eigenvalue weighted by molar-refractivity contribution is -0.138. The van der Waals surface area contributed by atoms with Crippen molar-refractivity contribution >= 4 is 46.1 Å². The van der Waals surface area contributed by atoms with Gasteiger partial charge in [0.2, 0.25) is 0 Å². The molecular formula is C31H30ClNO5S. The van der Waals surface area contributed by atoms with Gasteiger partial charge >= 0.3 is 5.97 Å². The fraction of sp³-hybridized carbons (Fsp3) is 0.323. The van der Waals surface area contributed by atoms with Gasteiger partial charge in [0.15, 0.2) is 11.2 Å². The number of carbonyl (C=O) groups excluding carboxylic acids is 2. The van der Waals surface area contributed by atoms with Crippen molar-refractivity contribution in [2.75, 3.05) is 18.1 Å². The second-order valence-corrected chi connectivity index (χ2v) is 11.7. The van der Waals surface area contributed by atoms with Crippen LogP contribution in [0.4, 0.5) is 0 Å². The predicted molar refractivity (Wildman–Crippen MR) is 155 cm³/mol. The number of allylic oxidation sites excluding steroid dienone is 3. The summed E-state index contributed by atoms with van der Waals surface area (Å²) in [6, 6.07) is 12.9. The first-order valence-corrected chi connectivity index (χ1v) is 14.6. The predicted octanol–water partition coefficient (Wildman–Crippen LogP) is 6.41. The number of hydrogen-bond acceptors (Lipinski definition) is 7. The van der Waals surface area contributed by atoms with Crippen molar-refractivity contribution in [1.29, 1.82) is 0 Å². The molecule has 39 heavy (non-hydrogen) atoms. The largest absolute Gasteiger partial charge is 0.464 e. The SMILES string of the molecule is CCSCCOC(=O)C1=C(C)NC2=C(C(=O)C[C@@H](c3ccccc3Cl)C2)[C@H]1c1coc2ccc(C)cc2c1=O. The van der Waals surface area contributed by atoms with Gasteiger partial charge in [-0.05, 0) is 55.7 Å². The van der Waals surface area contributed by atoms with E-state index in [1.165, 1.54) is 6.26 Å². The van der Waals surface area contributed by atoms with Crippen molar-refractivity contribution in [2.45, 2.75) is 45.4 Å². The third kappa shape index (κ3) is 5.30. The molecule has 2 aliphatic rings. The molecule has 2 aromatic carbocycles. The molecule has 3 aromatic rings. The Morgan fingerprint density at radius 1 is 1.13 bits per heavy atom. The van der Waals surface area contributed by atoms with Crippen molar-refractivity contribution in [2.24, 2.45) is 0 Å². The molecule has 202 valence electrons. The molecule has 1 N–H and O–H groups in total. The van der Waals surface area contributed by atoms with Gasteiger partial charge in [-0.1, -0.05) is 48.4 Å². The summed E-state index contributed by atoms with van der Waals surface area (Å²) in [4.78, 5) is 41.2. The standard InChI is InChI=1S/C31H30ClNO5S/c1-4-39-12-11-37-31(36)27-18(3)33-24-14-19(20-7-5-6-8-23(20)32)15-25(34)29(24)28(27)22-16-38-26-10-9-17(2)13-21(26)30(22)35/h5-10,13,16,19,28,33H,4,11-12,14-15H2,1-3H3/t19-,28-/m0/s1. The molecule has 0 saturated heterocycles. The van der Waals surface area contributed by atoms with Crippen LogP contribution >= 0.6 is 23.4 Å². The van der Waals surface area contributed by atoms with Crippen LogP contribution in [0.15, 0.2) is 80.5 Å². The van der Waals surface area contributed by atoms with Gasteiger partial charge in [0, 0.05) is 39.7 Å². The lowest BCUT2D eigenvalue weighted by atomic mass is 9.72. The van der Waals surface area contributed by atoms with Gasteiger partial charge in [0.05, 0.1) is 23.1 Å². The summed E-state index contributed by atoms with van der Waals surface area (Å²) >= 11 is 8.15. The quantitative estimate of drug-likeness (QED) is 0.262. The van der Waals surface area contributed by atoms with E-state index < -0.39 is 11.9 Å². The lowest BCUT2D eigenvalue weighted by Crippen LogP contribution is -2.37. The van der Waals surface area contributed by atoms with E-state index in [1.54, 1.807) is 30.8 Å². The molecule has 1 aliphatic heterocycles. The minimum Gasteiger partial charge on any atom is -0.464 e. The first-order chi connectivity index (χ1) is 18.8. The summed E-state index contributed by atoms with van der Waals surface area (Å²) in [6.07, 6.45) is 2.13. The number of ketones is 1. The molecule has 0 radical (unpaired) electrons. The minimum atomic E-state index is -0.895. The molecule has 1 aromatic heterocycles. The van der Waals surface area contributed by atoms with Crippen molar-refractivity contribution in [3.63, 3.8) is 0 Å². The Bertz CT molecular complexity index is 1590. The van der Waals surface area contributed by atoms with E-state index in [2.05, 4.69) is 5.32 Å². The monoisotopic (exact) mass is 563 g/mol. The lowest BCUT2D eigenvalue weighted by Gasteiger charge is -2.36. The highest BCUT2D eigenvalue weighted by molar-refractivity contribution is 7.99. The zero-order valence-corrected chi connectivity index (χ0v) is 23.7. The fourth-order valence-electron chi connectivity index (χ4n) is 5.52. The highest BCUT2D eigenvalue weighted by Gasteiger charge is 2.43. The Hall–Kier alpha value is -3.29.